The Hall–Kier alpha value is -0.890. The summed E-state index contributed by atoms with van der Waals surface area (Å²) in [6.07, 6.45) is 5.93. The smallest absolute Gasteiger partial charge is 0.0560 e. The maximum absolute atomic E-state index is 12.3. The Bertz CT molecular complexity index is 377. The molecule has 0 unspecified atom stereocenters. The third-order valence-corrected chi connectivity index (χ3v) is 4.99. The van der Waals surface area contributed by atoms with Gasteiger partial charge < -0.3 is 0 Å². The van der Waals surface area contributed by atoms with E-state index in [1.165, 1.54) is 19.3 Å². The molecule has 1 aromatic carbocycles. The highest BCUT2D eigenvalue weighted by Crippen LogP contribution is 2.28. The quantitative estimate of drug-likeness (QED) is 0.778. The summed E-state index contributed by atoms with van der Waals surface area (Å²) in [6, 6.07) is 9.89. The molecule has 0 amide bonds. The van der Waals surface area contributed by atoms with Crippen molar-refractivity contribution in [1.82, 2.24) is 0 Å². The Morgan fingerprint density at radius 3 is 2.38 bits per heavy atom. The lowest BCUT2D eigenvalue weighted by molar-refractivity contribution is 0.507. The largest absolute Gasteiger partial charge is 0.254 e. The van der Waals surface area contributed by atoms with Crippen molar-refractivity contribution in [2.45, 2.75) is 37.4 Å². The highest BCUT2D eigenvalue weighted by Gasteiger charge is 2.22. The van der Waals surface area contributed by atoms with Crippen LogP contribution in [0.25, 0.3) is 4.91 Å². The van der Waals surface area contributed by atoms with Gasteiger partial charge in [-0.15, -0.1) is 0 Å². The molecular weight excluding hydrogens is 216 g/mol. The lowest BCUT2D eigenvalue weighted by Crippen LogP contribution is -2.18. The topological polar surface area (TPSA) is 17.1 Å². The van der Waals surface area contributed by atoms with E-state index in [2.05, 4.69) is 6.58 Å². The van der Waals surface area contributed by atoms with Crippen LogP contribution in [0.2, 0.25) is 0 Å². The van der Waals surface area contributed by atoms with E-state index in [0.717, 1.165) is 23.3 Å². The van der Waals surface area contributed by atoms with Crippen LogP contribution in [-0.4, -0.2) is 9.46 Å². The van der Waals surface area contributed by atoms with E-state index in [1.54, 1.807) is 0 Å². The first kappa shape index (κ1) is 11.6. The SMILES string of the molecule is C=C(c1ccccc1)[S@@](=O)C1CCCCC1. The van der Waals surface area contributed by atoms with Crippen molar-refractivity contribution >= 4 is 15.7 Å². The van der Waals surface area contributed by atoms with Crippen molar-refractivity contribution in [2.24, 2.45) is 0 Å². The fourth-order valence-electron chi connectivity index (χ4n) is 2.22. The summed E-state index contributed by atoms with van der Waals surface area (Å²) in [5.41, 5.74) is 1.02. The van der Waals surface area contributed by atoms with Gasteiger partial charge in [0.15, 0.2) is 0 Å². The van der Waals surface area contributed by atoms with E-state index in [9.17, 15) is 4.21 Å². The maximum Gasteiger partial charge on any atom is 0.0560 e. The van der Waals surface area contributed by atoms with E-state index in [1.807, 2.05) is 30.3 Å². The van der Waals surface area contributed by atoms with Crippen LogP contribution in [0.3, 0.4) is 0 Å². The van der Waals surface area contributed by atoms with E-state index in [4.69, 9.17) is 0 Å². The van der Waals surface area contributed by atoms with Crippen LogP contribution in [0.5, 0.6) is 0 Å². The molecule has 2 heteroatoms. The molecule has 1 atom stereocenters. The van der Waals surface area contributed by atoms with Gasteiger partial charge in [-0.2, -0.15) is 0 Å². The zero-order valence-corrected chi connectivity index (χ0v) is 10.3. The molecule has 1 aliphatic carbocycles. The first-order valence-corrected chi connectivity index (χ1v) is 7.15. The third-order valence-electron chi connectivity index (χ3n) is 3.19. The number of rotatable bonds is 3. The summed E-state index contributed by atoms with van der Waals surface area (Å²) >= 11 is 0. The van der Waals surface area contributed by atoms with Gasteiger partial charge in [0.05, 0.1) is 10.8 Å². The molecule has 2 rings (SSSR count). The van der Waals surface area contributed by atoms with Crippen molar-refractivity contribution < 1.29 is 4.21 Å². The van der Waals surface area contributed by atoms with Gasteiger partial charge in [0.2, 0.25) is 0 Å². The average molecular weight is 234 g/mol. The Balaban J connectivity index is 2.07. The Morgan fingerprint density at radius 2 is 1.75 bits per heavy atom. The molecule has 1 aliphatic rings. The van der Waals surface area contributed by atoms with Gasteiger partial charge in [0, 0.05) is 10.2 Å². The summed E-state index contributed by atoms with van der Waals surface area (Å²) in [6.45, 7) is 4.00. The Kier molecular flexibility index (Phi) is 3.94. The number of hydrogen-bond acceptors (Lipinski definition) is 1. The third kappa shape index (κ3) is 2.62. The minimum atomic E-state index is -0.897. The van der Waals surface area contributed by atoms with Crippen LogP contribution in [0.4, 0.5) is 0 Å². The lowest BCUT2D eigenvalue weighted by atomic mass is 10.0. The fourth-order valence-corrected chi connectivity index (χ4v) is 3.75. The molecule has 86 valence electrons. The maximum atomic E-state index is 12.3. The highest BCUT2D eigenvalue weighted by atomic mass is 32.2. The predicted molar refractivity (Wildman–Crippen MR) is 70.5 cm³/mol. The minimum Gasteiger partial charge on any atom is -0.254 e. The summed E-state index contributed by atoms with van der Waals surface area (Å²) in [5.74, 6) is 0. The summed E-state index contributed by atoms with van der Waals surface area (Å²) < 4.78 is 12.3. The van der Waals surface area contributed by atoms with Gasteiger partial charge in [0.25, 0.3) is 0 Å². The summed E-state index contributed by atoms with van der Waals surface area (Å²) in [5, 5.41) is 0.335. The summed E-state index contributed by atoms with van der Waals surface area (Å²) in [4.78, 5) is 0.799. The fraction of sp³-hybridized carbons (Fsp3) is 0.429. The van der Waals surface area contributed by atoms with E-state index in [-0.39, 0.29) is 0 Å². The van der Waals surface area contributed by atoms with Crippen LogP contribution in [0, 0.1) is 0 Å². The summed E-state index contributed by atoms with van der Waals surface area (Å²) in [7, 11) is -0.897. The molecule has 0 bridgehead atoms. The second kappa shape index (κ2) is 5.44. The molecule has 0 N–H and O–H groups in total. The second-order valence-corrected chi connectivity index (χ2v) is 6.10. The van der Waals surface area contributed by atoms with Crippen molar-refractivity contribution in [3.63, 3.8) is 0 Å². The van der Waals surface area contributed by atoms with Gasteiger partial charge >= 0.3 is 0 Å². The molecule has 0 aliphatic heterocycles. The van der Waals surface area contributed by atoms with Crippen molar-refractivity contribution in [2.75, 3.05) is 0 Å². The van der Waals surface area contributed by atoms with Crippen molar-refractivity contribution in [3.8, 4) is 0 Å². The first-order valence-electron chi connectivity index (χ1n) is 5.94. The van der Waals surface area contributed by atoms with E-state index in [0.29, 0.717) is 5.25 Å². The van der Waals surface area contributed by atoms with Crippen molar-refractivity contribution in [3.05, 3.63) is 42.5 Å². The van der Waals surface area contributed by atoms with Crippen LogP contribution in [0.15, 0.2) is 36.9 Å². The normalized spacial score (nSPS) is 19.2. The molecule has 16 heavy (non-hydrogen) atoms. The molecule has 0 radical (unpaired) electrons. The molecular formula is C14H18OS. The van der Waals surface area contributed by atoms with Gasteiger partial charge in [-0.1, -0.05) is 56.2 Å². The zero-order valence-electron chi connectivity index (χ0n) is 9.52. The first-order chi connectivity index (χ1) is 7.79. The molecule has 0 aromatic heterocycles. The van der Waals surface area contributed by atoms with Crippen LogP contribution in [-0.2, 0) is 10.8 Å². The second-order valence-electron chi connectivity index (χ2n) is 4.35. The monoisotopic (exact) mass is 234 g/mol. The van der Waals surface area contributed by atoms with Crippen LogP contribution >= 0.6 is 0 Å². The van der Waals surface area contributed by atoms with Crippen LogP contribution < -0.4 is 0 Å². The van der Waals surface area contributed by atoms with E-state index < -0.39 is 10.8 Å². The van der Waals surface area contributed by atoms with E-state index >= 15 is 0 Å². The molecule has 1 nitrogen and oxygen atoms in total. The molecule has 1 saturated carbocycles. The van der Waals surface area contributed by atoms with Gasteiger partial charge in [-0.05, 0) is 18.4 Å². The Morgan fingerprint density at radius 1 is 1.12 bits per heavy atom. The highest BCUT2D eigenvalue weighted by molar-refractivity contribution is 7.95. The molecule has 1 aromatic rings. The molecule has 0 spiro atoms. The molecule has 0 heterocycles. The van der Waals surface area contributed by atoms with Gasteiger partial charge in [0.1, 0.15) is 0 Å². The van der Waals surface area contributed by atoms with Gasteiger partial charge in [-0.3, -0.25) is 4.21 Å². The molecule has 0 saturated heterocycles. The Labute approximate surface area is 100 Å². The number of hydrogen-bond donors (Lipinski definition) is 0. The average Bonchev–Trinajstić information content (AvgIpc) is 2.39. The predicted octanol–water partition coefficient (Wildman–Crippen LogP) is 3.74. The number of benzene rings is 1. The lowest BCUT2D eigenvalue weighted by Gasteiger charge is -2.21. The minimum absolute atomic E-state index is 0.335. The van der Waals surface area contributed by atoms with Gasteiger partial charge in [-0.25, -0.2) is 0 Å². The molecule has 1 fully saturated rings. The van der Waals surface area contributed by atoms with Crippen molar-refractivity contribution in [1.29, 1.82) is 0 Å². The standard InChI is InChI=1S/C14H18OS/c1-12(13-8-4-2-5-9-13)16(15)14-10-6-3-7-11-14/h2,4-5,8-9,14H,1,3,6-7,10-11H2/t16-/m1/s1. The zero-order chi connectivity index (χ0) is 11.4. The van der Waals surface area contributed by atoms with Crippen LogP contribution in [0.1, 0.15) is 37.7 Å².